The molecule has 0 saturated carbocycles. The molecule has 21 heavy (non-hydrogen) atoms. The molecule has 0 spiro atoms. The molecule has 0 aromatic heterocycles. The van der Waals surface area contributed by atoms with Gasteiger partial charge < -0.3 is 0 Å². The molecular weight excluding hydrogens is 314 g/mol. The summed E-state index contributed by atoms with van der Waals surface area (Å²) < 4.78 is 27.3. The monoisotopic (exact) mass is 323 g/mol. The van der Waals surface area contributed by atoms with Crippen LogP contribution in [-0.4, -0.2) is 13.3 Å². The molecule has 0 fully saturated rings. The molecule has 2 aromatic carbocycles. The van der Waals surface area contributed by atoms with Crippen LogP contribution >= 0.6 is 11.0 Å². The van der Waals surface area contributed by atoms with E-state index in [4.69, 9.17) is 0 Å². The van der Waals surface area contributed by atoms with Gasteiger partial charge in [-0.15, -0.1) is 5.11 Å². The van der Waals surface area contributed by atoms with Crippen LogP contribution in [0.25, 0.3) is 0 Å². The van der Waals surface area contributed by atoms with Crippen LogP contribution in [0.5, 0.6) is 0 Å². The lowest BCUT2D eigenvalue weighted by Crippen LogP contribution is -1.92. The fourth-order valence-electron chi connectivity index (χ4n) is 1.38. The number of nitrogens with zero attached hydrogens (tertiary/aromatic N) is 3. The number of nitro groups is 1. The highest BCUT2D eigenvalue weighted by molar-refractivity contribution is 8.71. The second-order valence-electron chi connectivity index (χ2n) is 3.80. The van der Waals surface area contributed by atoms with Crippen LogP contribution in [0.3, 0.4) is 0 Å². The standard InChI is InChI=1S/C12H9N3O4S2/c16-15(17)11-8-6-10(7-9-11)13-14-20-21(18,19)12-4-2-1-3-5-12/h1-9H. The van der Waals surface area contributed by atoms with Crippen molar-refractivity contribution in [2.24, 2.45) is 9.63 Å². The predicted octanol–water partition coefficient (Wildman–Crippen LogP) is 3.72. The Kier molecular flexibility index (Phi) is 4.66. The highest BCUT2D eigenvalue weighted by Gasteiger charge is 2.14. The molecule has 0 aliphatic rings. The summed E-state index contributed by atoms with van der Waals surface area (Å²) in [5.41, 5.74) is 0.259. The minimum atomic E-state index is -3.60. The first kappa shape index (κ1) is 15.1. The Morgan fingerprint density at radius 3 is 2.19 bits per heavy atom. The van der Waals surface area contributed by atoms with Crippen LogP contribution in [-0.2, 0) is 8.87 Å². The average molecular weight is 323 g/mol. The van der Waals surface area contributed by atoms with Gasteiger partial charge in [0.25, 0.3) is 14.6 Å². The fraction of sp³-hybridized carbons (Fsp3) is 0. The Morgan fingerprint density at radius 2 is 1.62 bits per heavy atom. The predicted molar refractivity (Wildman–Crippen MR) is 78.8 cm³/mol. The summed E-state index contributed by atoms with van der Waals surface area (Å²) in [6.07, 6.45) is 0. The van der Waals surface area contributed by atoms with Gasteiger partial charge in [-0.2, -0.15) is 0 Å². The van der Waals surface area contributed by atoms with Gasteiger partial charge in [0.2, 0.25) is 0 Å². The fourth-order valence-corrected chi connectivity index (χ4v) is 3.13. The first-order valence-electron chi connectivity index (χ1n) is 5.63. The van der Waals surface area contributed by atoms with Crippen molar-refractivity contribution in [3.63, 3.8) is 0 Å². The molecule has 0 saturated heterocycles. The van der Waals surface area contributed by atoms with Crippen LogP contribution in [0.1, 0.15) is 0 Å². The SMILES string of the molecule is O=[N+]([O-])c1ccc(N=NSS(=O)(=O)c2ccccc2)cc1. The molecule has 0 heterocycles. The van der Waals surface area contributed by atoms with Crippen molar-refractivity contribution < 1.29 is 13.3 Å². The van der Waals surface area contributed by atoms with Gasteiger partial charge in [-0.3, -0.25) is 10.1 Å². The van der Waals surface area contributed by atoms with E-state index in [1.54, 1.807) is 18.2 Å². The molecule has 0 N–H and O–H groups in total. The van der Waals surface area contributed by atoms with Crippen molar-refractivity contribution in [2.75, 3.05) is 0 Å². The zero-order valence-corrected chi connectivity index (χ0v) is 12.1. The van der Waals surface area contributed by atoms with E-state index in [9.17, 15) is 18.5 Å². The van der Waals surface area contributed by atoms with Gasteiger partial charge in [0.15, 0.2) is 0 Å². The Morgan fingerprint density at radius 1 is 1.00 bits per heavy atom. The number of benzene rings is 2. The van der Waals surface area contributed by atoms with Gasteiger partial charge in [-0.25, -0.2) is 8.42 Å². The van der Waals surface area contributed by atoms with Crippen molar-refractivity contribution in [2.45, 2.75) is 4.90 Å². The number of non-ortho nitro benzene ring substituents is 1. The van der Waals surface area contributed by atoms with Crippen molar-refractivity contribution >= 4 is 31.2 Å². The number of hydrogen-bond donors (Lipinski definition) is 0. The number of nitro benzene ring substituents is 1. The van der Waals surface area contributed by atoms with Crippen molar-refractivity contribution in [3.8, 4) is 0 Å². The van der Waals surface area contributed by atoms with Gasteiger partial charge in [0.05, 0.1) is 15.5 Å². The number of hydrogen-bond acceptors (Lipinski definition) is 7. The third-order valence-electron chi connectivity index (χ3n) is 2.38. The smallest absolute Gasteiger partial charge is 0.258 e. The summed E-state index contributed by atoms with van der Waals surface area (Å²) in [4.78, 5) is 10.1. The largest absolute Gasteiger partial charge is 0.269 e. The maximum atomic E-state index is 11.9. The van der Waals surface area contributed by atoms with Crippen molar-refractivity contribution in [3.05, 3.63) is 64.7 Å². The zero-order valence-electron chi connectivity index (χ0n) is 10.5. The van der Waals surface area contributed by atoms with Gasteiger partial charge in [0, 0.05) is 12.1 Å². The Labute approximate surface area is 124 Å². The Hall–Kier alpha value is -2.26. The second kappa shape index (κ2) is 6.46. The first-order chi connectivity index (χ1) is 9.99. The summed E-state index contributed by atoms with van der Waals surface area (Å²) in [6.45, 7) is 0. The van der Waals surface area contributed by atoms with Crippen LogP contribution in [0, 0.1) is 10.1 Å². The molecule has 7 nitrogen and oxygen atoms in total. The van der Waals surface area contributed by atoms with E-state index in [1.807, 2.05) is 0 Å². The zero-order chi connectivity index (χ0) is 15.3. The first-order valence-corrected chi connectivity index (χ1v) is 8.40. The highest BCUT2D eigenvalue weighted by Crippen LogP contribution is 2.26. The Bertz CT molecular complexity index is 759. The normalized spacial score (nSPS) is 11.6. The summed E-state index contributed by atoms with van der Waals surface area (Å²) >= 11 is 0. The maximum Gasteiger partial charge on any atom is 0.269 e. The minimum Gasteiger partial charge on any atom is -0.258 e. The molecule has 0 unspecified atom stereocenters. The average Bonchev–Trinajstić information content (AvgIpc) is 2.48. The minimum absolute atomic E-state index is 0.0708. The molecule has 0 atom stereocenters. The molecule has 0 bridgehead atoms. The highest BCUT2D eigenvalue weighted by atomic mass is 33.1. The summed E-state index contributed by atoms with van der Waals surface area (Å²) in [5.74, 6) is 0. The van der Waals surface area contributed by atoms with E-state index in [0.717, 1.165) is 0 Å². The quantitative estimate of drug-likeness (QED) is 0.274. The Balaban J connectivity index is 2.07. The molecule has 2 rings (SSSR count). The van der Waals surface area contributed by atoms with E-state index in [1.165, 1.54) is 36.4 Å². The van der Waals surface area contributed by atoms with E-state index >= 15 is 0 Å². The van der Waals surface area contributed by atoms with E-state index in [-0.39, 0.29) is 10.6 Å². The van der Waals surface area contributed by atoms with Gasteiger partial charge in [0.1, 0.15) is 11.0 Å². The van der Waals surface area contributed by atoms with Crippen molar-refractivity contribution in [1.29, 1.82) is 0 Å². The third-order valence-corrected chi connectivity index (χ3v) is 4.94. The van der Waals surface area contributed by atoms with Gasteiger partial charge >= 0.3 is 0 Å². The molecule has 0 aliphatic carbocycles. The molecular formula is C12H9N3O4S2. The molecule has 108 valence electrons. The number of rotatable bonds is 5. The third kappa shape index (κ3) is 4.10. The molecule has 0 amide bonds. The molecule has 2 aromatic rings. The van der Waals surface area contributed by atoms with Gasteiger partial charge in [-0.05, 0) is 24.3 Å². The molecule has 0 radical (unpaired) electrons. The molecule has 0 aliphatic heterocycles. The topological polar surface area (TPSA) is 102 Å². The van der Waals surface area contributed by atoms with E-state index in [0.29, 0.717) is 16.7 Å². The summed E-state index contributed by atoms with van der Waals surface area (Å²) in [7, 11) is -3.27. The van der Waals surface area contributed by atoms with Crippen LogP contribution in [0.4, 0.5) is 11.4 Å². The summed E-state index contributed by atoms with van der Waals surface area (Å²) in [5, 5.41) is 14.2. The van der Waals surface area contributed by atoms with E-state index in [2.05, 4.69) is 9.63 Å². The lowest BCUT2D eigenvalue weighted by molar-refractivity contribution is -0.384. The van der Waals surface area contributed by atoms with E-state index < -0.39 is 13.8 Å². The van der Waals surface area contributed by atoms with Crippen LogP contribution < -0.4 is 0 Å². The lowest BCUT2D eigenvalue weighted by Gasteiger charge is -1.97. The van der Waals surface area contributed by atoms with Crippen LogP contribution in [0.2, 0.25) is 0 Å². The van der Waals surface area contributed by atoms with Gasteiger partial charge in [-0.1, -0.05) is 22.7 Å². The second-order valence-corrected chi connectivity index (χ2v) is 7.25. The molecule has 9 heteroatoms. The van der Waals surface area contributed by atoms with Crippen LogP contribution in [0.15, 0.2) is 69.1 Å². The maximum absolute atomic E-state index is 11.9. The summed E-state index contributed by atoms with van der Waals surface area (Å²) in [6, 6.07) is 13.2. The van der Waals surface area contributed by atoms with Crippen molar-refractivity contribution in [1.82, 2.24) is 0 Å². The lowest BCUT2D eigenvalue weighted by atomic mass is 10.3.